The van der Waals surface area contributed by atoms with Gasteiger partial charge >= 0.3 is 5.97 Å². The van der Waals surface area contributed by atoms with Crippen molar-refractivity contribution in [3.63, 3.8) is 0 Å². The number of aliphatic carboxylic acids is 1. The number of rotatable bonds is 13. The summed E-state index contributed by atoms with van der Waals surface area (Å²) in [6.07, 6.45) is 2.00. The Labute approximate surface area is 201 Å². The van der Waals surface area contributed by atoms with E-state index in [1.54, 1.807) is 13.8 Å². The molecule has 12 heteroatoms. The number of nitrogens with one attached hydrogen (secondary N) is 4. The maximum Gasteiger partial charge on any atom is 0.326 e. The van der Waals surface area contributed by atoms with Gasteiger partial charge in [0.1, 0.15) is 18.1 Å². The molecule has 1 aliphatic rings. The van der Waals surface area contributed by atoms with E-state index in [1.165, 1.54) is 4.90 Å². The van der Waals surface area contributed by atoms with Crippen LogP contribution in [0.3, 0.4) is 0 Å². The van der Waals surface area contributed by atoms with Gasteiger partial charge in [-0.3, -0.25) is 19.8 Å². The van der Waals surface area contributed by atoms with Crippen LogP contribution in [0.1, 0.15) is 59.8 Å². The summed E-state index contributed by atoms with van der Waals surface area (Å²) in [6, 6.07) is -3.52. The van der Waals surface area contributed by atoms with Gasteiger partial charge in [0.05, 0.1) is 6.04 Å². The highest BCUT2D eigenvalue weighted by molar-refractivity contribution is 5.94. The fourth-order valence-corrected chi connectivity index (χ4v) is 3.93. The van der Waals surface area contributed by atoms with Gasteiger partial charge in [-0.25, -0.2) is 4.79 Å². The van der Waals surface area contributed by atoms with Crippen LogP contribution in [-0.4, -0.2) is 76.9 Å². The molecule has 12 nitrogen and oxygen atoms in total. The maximum absolute atomic E-state index is 13.3. The van der Waals surface area contributed by atoms with Crippen molar-refractivity contribution in [2.45, 2.75) is 84.0 Å². The first-order valence-electron chi connectivity index (χ1n) is 11.8. The van der Waals surface area contributed by atoms with Crippen LogP contribution in [0.4, 0.5) is 0 Å². The SMILES string of the molecule is CC(C)C[C@H](N)C(=O)N[C@H](C(=O)N1CCC[C@H]1C(=O)N[C@@H](CCCNC(=N)N)C(=O)O)C(C)C. The van der Waals surface area contributed by atoms with Crippen molar-refractivity contribution >= 4 is 29.7 Å². The molecule has 1 aliphatic heterocycles. The van der Waals surface area contributed by atoms with Gasteiger partial charge in [0.15, 0.2) is 5.96 Å². The minimum atomic E-state index is -1.18. The molecule has 194 valence electrons. The van der Waals surface area contributed by atoms with Crippen molar-refractivity contribution in [3.05, 3.63) is 0 Å². The van der Waals surface area contributed by atoms with E-state index >= 15 is 0 Å². The fourth-order valence-electron chi connectivity index (χ4n) is 3.93. The summed E-state index contributed by atoms with van der Waals surface area (Å²) in [5.74, 6) is -2.73. The van der Waals surface area contributed by atoms with Crippen molar-refractivity contribution in [1.29, 1.82) is 5.41 Å². The van der Waals surface area contributed by atoms with Gasteiger partial charge in [-0.1, -0.05) is 27.7 Å². The van der Waals surface area contributed by atoms with E-state index < -0.39 is 42.0 Å². The normalized spacial score (nSPS) is 18.3. The minimum absolute atomic E-state index is 0.139. The first-order chi connectivity index (χ1) is 15.8. The number of hydrogen-bond acceptors (Lipinski definition) is 6. The van der Waals surface area contributed by atoms with E-state index in [-0.39, 0.29) is 30.1 Å². The molecular formula is C22H41N7O5. The lowest BCUT2D eigenvalue weighted by Crippen LogP contribution is -2.58. The number of likely N-dealkylation sites (tertiary alicyclic amines) is 1. The molecular weight excluding hydrogens is 442 g/mol. The second-order valence-corrected chi connectivity index (χ2v) is 9.54. The Morgan fingerprint density at radius 3 is 2.32 bits per heavy atom. The zero-order valence-corrected chi connectivity index (χ0v) is 20.6. The standard InChI is InChI=1S/C22H41N7O5/c1-12(2)11-14(23)18(30)28-17(13(3)4)20(32)29-10-6-8-16(29)19(31)27-15(21(33)34)7-5-9-26-22(24)25/h12-17H,5-11,23H2,1-4H3,(H,27,31)(H,28,30)(H,33,34)(H4,24,25,26)/t14-,15-,16-,17-/m0/s1. The molecule has 0 unspecified atom stereocenters. The lowest BCUT2D eigenvalue weighted by Gasteiger charge is -2.31. The number of carboxylic acid groups (broad SMARTS) is 1. The Morgan fingerprint density at radius 1 is 1.15 bits per heavy atom. The number of carbonyl (C=O) groups excluding carboxylic acids is 3. The van der Waals surface area contributed by atoms with Crippen LogP contribution in [0.25, 0.3) is 0 Å². The third kappa shape index (κ3) is 9.16. The van der Waals surface area contributed by atoms with E-state index in [1.807, 2.05) is 13.8 Å². The zero-order chi connectivity index (χ0) is 26.0. The molecule has 1 rings (SSSR count). The van der Waals surface area contributed by atoms with Crippen LogP contribution in [0, 0.1) is 17.2 Å². The summed E-state index contributed by atoms with van der Waals surface area (Å²) in [4.78, 5) is 51.8. The van der Waals surface area contributed by atoms with Crippen LogP contribution in [0.15, 0.2) is 0 Å². The Kier molecular flexibility index (Phi) is 11.8. The van der Waals surface area contributed by atoms with Crippen LogP contribution in [-0.2, 0) is 19.2 Å². The molecule has 0 radical (unpaired) electrons. The summed E-state index contributed by atoms with van der Waals surface area (Å²) < 4.78 is 0. The van der Waals surface area contributed by atoms with Gasteiger partial charge in [-0.2, -0.15) is 0 Å². The van der Waals surface area contributed by atoms with E-state index in [0.29, 0.717) is 38.8 Å². The summed E-state index contributed by atoms with van der Waals surface area (Å²) in [7, 11) is 0. The second kappa shape index (κ2) is 13.7. The Hall–Kier alpha value is -2.89. The Bertz CT molecular complexity index is 743. The summed E-state index contributed by atoms with van der Waals surface area (Å²) in [5.41, 5.74) is 11.2. The number of guanidine groups is 1. The quantitative estimate of drug-likeness (QED) is 0.101. The van der Waals surface area contributed by atoms with Gasteiger partial charge in [0.25, 0.3) is 0 Å². The van der Waals surface area contributed by atoms with Gasteiger partial charge in [-0.05, 0) is 43.9 Å². The molecule has 1 saturated heterocycles. The molecule has 0 spiro atoms. The second-order valence-electron chi connectivity index (χ2n) is 9.54. The third-order valence-electron chi connectivity index (χ3n) is 5.73. The molecule has 3 amide bonds. The van der Waals surface area contributed by atoms with Crippen LogP contribution < -0.4 is 27.4 Å². The lowest BCUT2D eigenvalue weighted by atomic mass is 9.99. The Balaban J connectivity index is 2.83. The predicted octanol–water partition coefficient (Wildman–Crippen LogP) is -0.676. The van der Waals surface area contributed by atoms with Gasteiger partial charge in [0.2, 0.25) is 17.7 Å². The first-order valence-corrected chi connectivity index (χ1v) is 11.8. The molecule has 1 heterocycles. The van der Waals surface area contributed by atoms with Crippen molar-refractivity contribution < 1.29 is 24.3 Å². The number of carbonyl (C=O) groups is 4. The molecule has 0 bridgehead atoms. The van der Waals surface area contributed by atoms with Crippen LogP contribution >= 0.6 is 0 Å². The molecule has 4 atom stereocenters. The molecule has 9 N–H and O–H groups in total. The topological polar surface area (TPSA) is 204 Å². The number of nitrogens with two attached hydrogens (primary N) is 2. The van der Waals surface area contributed by atoms with E-state index in [0.717, 1.165) is 0 Å². The van der Waals surface area contributed by atoms with Crippen molar-refractivity contribution in [3.8, 4) is 0 Å². The average molecular weight is 484 g/mol. The highest BCUT2D eigenvalue weighted by atomic mass is 16.4. The first kappa shape index (κ1) is 29.1. The highest BCUT2D eigenvalue weighted by Gasteiger charge is 2.40. The molecule has 0 aliphatic carbocycles. The molecule has 0 aromatic heterocycles. The van der Waals surface area contributed by atoms with Crippen molar-refractivity contribution in [2.24, 2.45) is 23.3 Å². The van der Waals surface area contributed by atoms with Crippen molar-refractivity contribution in [2.75, 3.05) is 13.1 Å². The average Bonchev–Trinajstić information content (AvgIpc) is 3.22. The maximum atomic E-state index is 13.3. The number of hydrogen-bond donors (Lipinski definition) is 7. The summed E-state index contributed by atoms with van der Waals surface area (Å²) >= 11 is 0. The number of carboxylic acids is 1. The predicted molar refractivity (Wildman–Crippen MR) is 128 cm³/mol. The highest BCUT2D eigenvalue weighted by Crippen LogP contribution is 2.21. The summed E-state index contributed by atoms with van der Waals surface area (Å²) in [5, 5.41) is 24.5. The van der Waals surface area contributed by atoms with E-state index in [2.05, 4.69) is 16.0 Å². The minimum Gasteiger partial charge on any atom is -0.480 e. The van der Waals surface area contributed by atoms with Gasteiger partial charge in [0, 0.05) is 13.1 Å². The van der Waals surface area contributed by atoms with Crippen molar-refractivity contribution in [1.82, 2.24) is 20.9 Å². The lowest BCUT2D eigenvalue weighted by molar-refractivity contribution is -0.145. The third-order valence-corrected chi connectivity index (χ3v) is 5.73. The van der Waals surface area contributed by atoms with Crippen LogP contribution in [0.2, 0.25) is 0 Å². The molecule has 1 fully saturated rings. The van der Waals surface area contributed by atoms with Gasteiger partial charge in [-0.15, -0.1) is 0 Å². The van der Waals surface area contributed by atoms with E-state index in [4.69, 9.17) is 16.9 Å². The number of amides is 3. The fraction of sp³-hybridized carbons (Fsp3) is 0.773. The van der Waals surface area contributed by atoms with E-state index in [9.17, 15) is 24.3 Å². The smallest absolute Gasteiger partial charge is 0.326 e. The monoisotopic (exact) mass is 483 g/mol. The largest absolute Gasteiger partial charge is 0.480 e. The molecule has 0 aromatic carbocycles. The van der Waals surface area contributed by atoms with Gasteiger partial charge < -0.3 is 37.4 Å². The molecule has 0 saturated carbocycles. The zero-order valence-electron chi connectivity index (χ0n) is 20.6. The molecule has 0 aromatic rings. The van der Waals surface area contributed by atoms with Crippen LogP contribution in [0.5, 0.6) is 0 Å². The number of nitrogens with zero attached hydrogens (tertiary/aromatic N) is 1. The Morgan fingerprint density at radius 2 is 1.79 bits per heavy atom. The summed E-state index contributed by atoms with van der Waals surface area (Å²) in [6.45, 7) is 8.16. The molecule has 34 heavy (non-hydrogen) atoms.